The molecule has 0 atom stereocenters. The lowest BCUT2D eigenvalue weighted by molar-refractivity contribution is -0.137. The maximum Gasteiger partial charge on any atom is 0.416 e. The third kappa shape index (κ3) is 4.00. The number of carboxylic acids is 1. The van der Waals surface area contributed by atoms with Gasteiger partial charge in [-0.2, -0.15) is 13.2 Å². The van der Waals surface area contributed by atoms with Crippen molar-refractivity contribution in [2.24, 2.45) is 0 Å². The van der Waals surface area contributed by atoms with Gasteiger partial charge in [0.25, 0.3) is 0 Å². The summed E-state index contributed by atoms with van der Waals surface area (Å²) in [6.07, 6.45) is -4.35. The van der Waals surface area contributed by atoms with Crippen molar-refractivity contribution in [1.82, 2.24) is 0 Å². The molecule has 2 aromatic rings. The highest BCUT2D eigenvalue weighted by molar-refractivity contribution is 9.10. The van der Waals surface area contributed by atoms with Crippen LogP contribution >= 0.6 is 15.9 Å². The maximum atomic E-state index is 12.5. The van der Waals surface area contributed by atoms with E-state index in [9.17, 15) is 18.0 Å². The van der Waals surface area contributed by atoms with Crippen LogP contribution in [0.25, 0.3) is 0 Å². The van der Waals surface area contributed by atoms with Gasteiger partial charge in [0.2, 0.25) is 0 Å². The Labute approximate surface area is 132 Å². The number of halogens is 4. The average molecular weight is 374 g/mol. The number of benzene rings is 2. The Morgan fingerprint density at radius 2 is 1.77 bits per heavy atom. The van der Waals surface area contributed by atoms with Gasteiger partial charge in [-0.1, -0.05) is 12.1 Å². The van der Waals surface area contributed by atoms with Gasteiger partial charge >= 0.3 is 12.1 Å². The summed E-state index contributed by atoms with van der Waals surface area (Å²) in [4.78, 5) is 10.8. The Morgan fingerprint density at radius 1 is 1.14 bits per heavy atom. The summed E-state index contributed by atoms with van der Waals surface area (Å²) < 4.78 is 37.9. The molecule has 0 aromatic heterocycles. The number of aromatic carboxylic acids is 1. The smallest absolute Gasteiger partial charge is 0.416 e. The fraction of sp³-hybridized carbons (Fsp3) is 0.133. The number of nitrogens with one attached hydrogen (secondary N) is 1. The van der Waals surface area contributed by atoms with E-state index in [-0.39, 0.29) is 5.56 Å². The Balaban J connectivity index is 2.05. The molecular weight excluding hydrogens is 363 g/mol. The largest absolute Gasteiger partial charge is 0.478 e. The van der Waals surface area contributed by atoms with E-state index < -0.39 is 17.7 Å². The normalized spacial score (nSPS) is 11.3. The monoisotopic (exact) mass is 373 g/mol. The minimum atomic E-state index is -4.35. The van der Waals surface area contributed by atoms with Crippen LogP contribution in [-0.4, -0.2) is 11.1 Å². The number of hydrogen-bond acceptors (Lipinski definition) is 2. The molecule has 2 rings (SSSR count). The zero-order chi connectivity index (χ0) is 16.3. The van der Waals surface area contributed by atoms with Crippen molar-refractivity contribution >= 4 is 27.6 Å². The quantitative estimate of drug-likeness (QED) is 0.810. The van der Waals surface area contributed by atoms with E-state index in [0.717, 1.165) is 12.1 Å². The zero-order valence-corrected chi connectivity index (χ0v) is 12.7. The highest BCUT2D eigenvalue weighted by atomic mass is 79.9. The number of anilines is 1. The summed E-state index contributed by atoms with van der Waals surface area (Å²) in [6, 6.07) is 9.35. The summed E-state index contributed by atoms with van der Waals surface area (Å²) in [6.45, 7) is 0.323. The molecule has 116 valence electrons. The molecule has 0 radical (unpaired) electrons. The van der Waals surface area contributed by atoms with Gasteiger partial charge in [-0.15, -0.1) is 0 Å². The van der Waals surface area contributed by atoms with E-state index in [0.29, 0.717) is 22.3 Å². The molecule has 7 heteroatoms. The Kier molecular flexibility index (Phi) is 4.75. The fourth-order valence-corrected chi connectivity index (χ4v) is 2.32. The third-order valence-electron chi connectivity index (χ3n) is 2.98. The van der Waals surface area contributed by atoms with Crippen LogP contribution in [0.2, 0.25) is 0 Å². The average Bonchev–Trinajstić information content (AvgIpc) is 2.45. The van der Waals surface area contributed by atoms with Crippen molar-refractivity contribution in [3.8, 4) is 0 Å². The first kappa shape index (κ1) is 16.4. The molecule has 3 nitrogen and oxygen atoms in total. The third-order valence-corrected chi connectivity index (χ3v) is 3.64. The highest BCUT2D eigenvalue weighted by Crippen LogP contribution is 2.29. The van der Waals surface area contributed by atoms with Gasteiger partial charge in [0.15, 0.2) is 0 Å². The van der Waals surface area contributed by atoms with E-state index in [2.05, 4.69) is 21.2 Å². The predicted molar refractivity (Wildman–Crippen MR) is 79.9 cm³/mol. The minimum absolute atomic E-state index is 0.145. The Hall–Kier alpha value is -2.02. The molecule has 0 bridgehead atoms. The summed E-state index contributed by atoms with van der Waals surface area (Å²) in [7, 11) is 0. The molecule has 0 aliphatic rings. The predicted octanol–water partition coefficient (Wildman–Crippen LogP) is 4.78. The minimum Gasteiger partial charge on any atom is -0.478 e. The van der Waals surface area contributed by atoms with Gasteiger partial charge < -0.3 is 10.4 Å². The van der Waals surface area contributed by atoms with E-state index >= 15 is 0 Å². The SMILES string of the molecule is O=C(O)c1ccc(NCc2ccc(C(F)(F)F)cc2)c(Br)c1. The molecule has 22 heavy (non-hydrogen) atoms. The van der Waals surface area contributed by atoms with E-state index in [1.807, 2.05) is 0 Å². The molecule has 0 saturated carbocycles. The van der Waals surface area contributed by atoms with Gasteiger partial charge in [-0.25, -0.2) is 4.79 Å². The highest BCUT2D eigenvalue weighted by Gasteiger charge is 2.29. The maximum absolute atomic E-state index is 12.5. The van der Waals surface area contributed by atoms with Crippen molar-refractivity contribution < 1.29 is 23.1 Å². The number of carboxylic acid groups (broad SMARTS) is 1. The van der Waals surface area contributed by atoms with Crippen molar-refractivity contribution in [2.45, 2.75) is 12.7 Å². The molecular formula is C15H11BrF3NO2. The first-order valence-electron chi connectivity index (χ1n) is 6.20. The van der Waals surface area contributed by atoms with Crippen molar-refractivity contribution in [3.63, 3.8) is 0 Å². The van der Waals surface area contributed by atoms with Gasteiger partial charge in [0.1, 0.15) is 0 Å². The van der Waals surface area contributed by atoms with Crippen LogP contribution in [0.15, 0.2) is 46.9 Å². The van der Waals surface area contributed by atoms with Crippen LogP contribution in [0.3, 0.4) is 0 Å². The molecule has 0 spiro atoms. The standard InChI is InChI=1S/C15H11BrF3NO2/c16-12-7-10(14(21)22)3-6-13(12)20-8-9-1-4-11(5-2-9)15(17,18)19/h1-7,20H,8H2,(H,21,22). The summed E-state index contributed by atoms with van der Waals surface area (Å²) in [5.74, 6) is -1.03. The Morgan fingerprint density at radius 3 is 2.27 bits per heavy atom. The number of hydrogen-bond donors (Lipinski definition) is 2. The summed E-state index contributed by atoms with van der Waals surface area (Å²) >= 11 is 3.25. The van der Waals surface area contributed by atoms with Crippen molar-refractivity contribution in [1.29, 1.82) is 0 Å². The van der Waals surface area contributed by atoms with Crippen LogP contribution in [-0.2, 0) is 12.7 Å². The molecule has 0 aliphatic heterocycles. The van der Waals surface area contributed by atoms with Gasteiger partial charge in [-0.3, -0.25) is 0 Å². The van der Waals surface area contributed by atoms with Crippen molar-refractivity contribution in [2.75, 3.05) is 5.32 Å². The van der Waals surface area contributed by atoms with Gasteiger partial charge in [-0.05, 0) is 51.8 Å². The first-order valence-corrected chi connectivity index (χ1v) is 6.99. The molecule has 2 N–H and O–H groups in total. The van der Waals surface area contributed by atoms with Crippen LogP contribution in [0.5, 0.6) is 0 Å². The summed E-state index contributed by atoms with van der Waals surface area (Å²) in [5.41, 5.74) is 0.794. The van der Waals surface area contributed by atoms with Gasteiger partial charge in [0.05, 0.1) is 11.1 Å². The second-order valence-corrected chi connectivity index (χ2v) is 5.40. The lowest BCUT2D eigenvalue weighted by Gasteiger charge is -2.11. The fourth-order valence-electron chi connectivity index (χ4n) is 1.80. The number of carbonyl (C=O) groups is 1. The molecule has 0 aliphatic carbocycles. The second-order valence-electron chi connectivity index (χ2n) is 4.55. The van der Waals surface area contributed by atoms with Gasteiger partial charge in [0, 0.05) is 16.7 Å². The second kappa shape index (κ2) is 6.39. The first-order chi connectivity index (χ1) is 10.3. The Bertz CT molecular complexity index is 684. The zero-order valence-electron chi connectivity index (χ0n) is 11.1. The van der Waals surface area contributed by atoms with Crippen LogP contribution in [0, 0.1) is 0 Å². The van der Waals surface area contributed by atoms with E-state index in [1.54, 1.807) is 6.07 Å². The van der Waals surface area contributed by atoms with Crippen LogP contribution < -0.4 is 5.32 Å². The molecule has 0 unspecified atom stereocenters. The number of rotatable bonds is 4. The van der Waals surface area contributed by atoms with E-state index in [1.165, 1.54) is 24.3 Å². The topological polar surface area (TPSA) is 49.3 Å². The molecule has 0 amide bonds. The van der Waals surface area contributed by atoms with Crippen LogP contribution in [0.4, 0.5) is 18.9 Å². The van der Waals surface area contributed by atoms with E-state index in [4.69, 9.17) is 5.11 Å². The summed E-state index contributed by atoms with van der Waals surface area (Å²) in [5, 5.41) is 11.9. The lowest BCUT2D eigenvalue weighted by atomic mass is 10.1. The molecule has 0 fully saturated rings. The van der Waals surface area contributed by atoms with Crippen LogP contribution in [0.1, 0.15) is 21.5 Å². The van der Waals surface area contributed by atoms with Crippen molar-refractivity contribution in [3.05, 3.63) is 63.6 Å². The molecule has 0 saturated heterocycles. The molecule has 0 heterocycles. The molecule has 2 aromatic carbocycles. The lowest BCUT2D eigenvalue weighted by Crippen LogP contribution is -2.06. The number of alkyl halides is 3.